The monoisotopic (exact) mass is 374 g/mol. The molecule has 0 aromatic carbocycles. The van der Waals surface area contributed by atoms with Crippen LogP contribution < -0.4 is 0 Å². The van der Waals surface area contributed by atoms with Crippen molar-refractivity contribution in [3.63, 3.8) is 0 Å². The number of esters is 2. The highest BCUT2D eigenvalue weighted by atomic mass is 17.0. The third-order valence-corrected chi connectivity index (χ3v) is 4.28. The van der Waals surface area contributed by atoms with Gasteiger partial charge in [0.05, 0.1) is 0 Å². The molecule has 2 aliphatic heterocycles. The molecule has 0 aromatic rings. The standard InChI is InChI=1S/C18H30O8/c19-15(25-17-21-13-22-17)11-9-7-5-3-1-2-4-6-8-10-12-16(20)26-18-23-14-24-18/h17-18H,1-14H2. The van der Waals surface area contributed by atoms with Gasteiger partial charge in [-0.1, -0.05) is 51.4 Å². The van der Waals surface area contributed by atoms with E-state index in [1.165, 1.54) is 25.7 Å². The van der Waals surface area contributed by atoms with Gasteiger partial charge in [0.15, 0.2) is 13.6 Å². The number of hydrogen-bond donors (Lipinski definition) is 0. The molecule has 0 N–H and O–H groups in total. The van der Waals surface area contributed by atoms with Crippen LogP contribution in [0.4, 0.5) is 0 Å². The fraction of sp³-hybridized carbons (Fsp3) is 0.889. The summed E-state index contributed by atoms with van der Waals surface area (Å²) in [6.45, 7) is -1.15. The van der Waals surface area contributed by atoms with E-state index < -0.39 is 13.0 Å². The molecule has 150 valence electrons. The molecule has 8 heteroatoms. The van der Waals surface area contributed by atoms with Crippen LogP contribution in [0.1, 0.15) is 77.0 Å². The van der Waals surface area contributed by atoms with Crippen LogP contribution in [0, 0.1) is 0 Å². The quantitative estimate of drug-likeness (QED) is 0.318. The molecule has 0 spiro atoms. The van der Waals surface area contributed by atoms with Crippen LogP contribution in [0.2, 0.25) is 0 Å². The normalized spacial score (nSPS) is 17.4. The molecule has 0 saturated carbocycles. The topological polar surface area (TPSA) is 89.5 Å². The first-order valence-corrected chi connectivity index (χ1v) is 9.59. The van der Waals surface area contributed by atoms with Crippen molar-refractivity contribution in [3.8, 4) is 0 Å². The van der Waals surface area contributed by atoms with Crippen LogP contribution in [0.3, 0.4) is 0 Å². The van der Waals surface area contributed by atoms with Gasteiger partial charge < -0.3 is 9.47 Å². The first-order chi connectivity index (χ1) is 12.7. The Labute approximate surface area is 154 Å². The first kappa shape index (κ1) is 21.1. The second kappa shape index (κ2) is 13.0. The van der Waals surface area contributed by atoms with Crippen molar-refractivity contribution >= 4 is 11.9 Å². The Morgan fingerprint density at radius 2 is 0.885 bits per heavy atom. The SMILES string of the molecule is O=C(CCCCCCCCCCCCC(=O)OC1OCO1)OC1OCO1. The van der Waals surface area contributed by atoms with Gasteiger partial charge in [0.1, 0.15) is 0 Å². The summed E-state index contributed by atoms with van der Waals surface area (Å²) in [5.74, 6) is -0.516. The number of carbonyl (C=O) groups excluding carboxylic acids is 2. The van der Waals surface area contributed by atoms with Crippen molar-refractivity contribution in [1.29, 1.82) is 0 Å². The van der Waals surface area contributed by atoms with Crippen LogP contribution in [0.5, 0.6) is 0 Å². The zero-order chi connectivity index (χ0) is 18.5. The molecule has 2 saturated heterocycles. The number of ether oxygens (including phenoxy) is 6. The van der Waals surface area contributed by atoms with E-state index in [2.05, 4.69) is 0 Å². The Bertz CT molecular complexity index is 368. The second-order valence-corrected chi connectivity index (χ2v) is 6.49. The number of unbranched alkanes of at least 4 members (excludes halogenated alkanes) is 9. The van der Waals surface area contributed by atoms with E-state index >= 15 is 0 Å². The minimum atomic E-state index is -0.779. The predicted molar refractivity (Wildman–Crippen MR) is 89.2 cm³/mol. The van der Waals surface area contributed by atoms with E-state index in [0.29, 0.717) is 12.8 Å². The van der Waals surface area contributed by atoms with Gasteiger partial charge in [-0.25, -0.2) is 0 Å². The molecule has 0 amide bonds. The lowest BCUT2D eigenvalue weighted by atomic mass is 10.1. The molecule has 26 heavy (non-hydrogen) atoms. The zero-order valence-corrected chi connectivity index (χ0v) is 15.3. The Morgan fingerprint density at radius 1 is 0.577 bits per heavy atom. The van der Waals surface area contributed by atoms with Gasteiger partial charge in [0.2, 0.25) is 0 Å². The second-order valence-electron chi connectivity index (χ2n) is 6.49. The molecular formula is C18H30O8. The lowest BCUT2D eigenvalue weighted by Gasteiger charge is -2.25. The molecule has 8 nitrogen and oxygen atoms in total. The maximum Gasteiger partial charge on any atom is 0.322 e. The average Bonchev–Trinajstić information content (AvgIpc) is 2.55. The van der Waals surface area contributed by atoms with Gasteiger partial charge in [0.25, 0.3) is 0 Å². The molecule has 0 aromatic heterocycles. The minimum absolute atomic E-state index is 0.204. The van der Waals surface area contributed by atoms with E-state index in [9.17, 15) is 9.59 Å². The van der Waals surface area contributed by atoms with Crippen molar-refractivity contribution in [2.75, 3.05) is 13.6 Å². The van der Waals surface area contributed by atoms with Crippen LogP contribution in [-0.4, -0.2) is 38.5 Å². The molecule has 0 radical (unpaired) electrons. The lowest BCUT2D eigenvalue weighted by Crippen LogP contribution is -2.35. The van der Waals surface area contributed by atoms with Crippen LogP contribution >= 0.6 is 0 Å². The summed E-state index contributed by atoms with van der Waals surface area (Å²) < 4.78 is 29.2. The summed E-state index contributed by atoms with van der Waals surface area (Å²) >= 11 is 0. The first-order valence-electron chi connectivity index (χ1n) is 9.59. The van der Waals surface area contributed by atoms with Crippen molar-refractivity contribution in [2.45, 2.75) is 90.0 Å². The van der Waals surface area contributed by atoms with Crippen LogP contribution in [0.25, 0.3) is 0 Å². The van der Waals surface area contributed by atoms with Gasteiger partial charge in [-0.3, -0.25) is 28.5 Å². The van der Waals surface area contributed by atoms with E-state index in [0.717, 1.165) is 38.5 Å². The van der Waals surface area contributed by atoms with E-state index in [-0.39, 0.29) is 25.5 Å². The Balaban J connectivity index is 1.25. The summed E-state index contributed by atoms with van der Waals surface area (Å²) in [6.07, 6.45) is 11.7. The maximum absolute atomic E-state index is 11.4. The Hall–Kier alpha value is -1.22. The van der Waals surface area contributed by atoms with Gasteiger partial charge in [0, 0.05) is 12.8 Å². The summed E-state index contributed by atoms with van der Waals surface area (Å²) in [7, 11) is 0. The molecule has 0 atom stereocenters. The zero-order valence-electron chi connectivity index (χ0n) is 15.3. The molecule has 2 rings (SSSR count). The Kier molecular flexibility index (Phi) is 10.6. The molecule has 2 heterocycles. The van der Waals surface area contributed by atoms with E-state index in [4.69, 9.17) is 28.4 Å². The van der Waals surface area contributed by atoms with Gasteiger partial charge in [-0.05, 0) is 12.8 Å². The van der Waals surface area contributed by atoms with Gasteiger partial charge in [-0.2, -0.15) is 0 Å². The maximum atomic E-state index is 11.4. The highest BCUT2D eigenvalue weighted by Gasteiger charge is 2.23. The van der Waals surface area contributed by atoms with Crippen molar-refractivity contribution < 1.29 is 38.0 Å². The van der Waals surface area contributed by atoms with Crippen LogP contribution in [0.15, 0.2) is 0 Å². The minimum Gasteiger partial charge on any atom is -0.410 e. The van der Waals surface area contributed by atoms with Crippen molar-refractivity contribution in [2.24, 2.45) is 0 Å². The van der Waals surface area contributed by atoms with E-state index in [1.54, 1.807) is 0 Å². The predicted octanol–water partition coefficient (Wildman–Crippen LogP) is 3.33. The molecule has 0 aliphatic carbocycles. The van der Waals surface area contributed by atoms with Gasteiger partial charge >= 0.3 is 24.9 Å². The van der Waals surface area contributed by atoms with Crippen molar-refractivity contribution in [1.82, 2.24) is 0 Å². The molecule has 0 bridgehead atoms. The third kappa shape index (κ3) is 9.47. The largest absolute Gasteiger partial charge is 0.410 e. The number of hydrogen-bond acceptors (Lipinski definition) is 8. The van der Waals surface area contributed by atoms with Crippen molar-refractivity contribution in [3.05, 3.63) is 0 Å². The molecule has 0 unspecified atom stereocenters. The summed E-state index contributed by atoms with van der Waals surface area (Å²) in [5.41, 5.74) is 0. The number of carbonyl (C=O) groups is 2. The molecule has 2 aliphatic rings. The van der Waals surface area contributed by atoms with Gasteiger partial charge in [-0.15, -0.1) is 0 Å². The summed E-state index contributed by atoms with van der Waals surface area (Å²) in [6, 6.07) is 0. The highest BCUT2D eigenvalue weighted by Crippen LogP contribution is 2.15. The number of rotatable bonds is 15. The lowest BCUT2D eigenvalue weighted by molar-refractivity contribution is -0.407. The molecular weight excluding hydrogens is 344 g/mol. The Morgan fingerprint density at radius 3 is 1.15 bits per heavy atom. The van der Waals surface area contributed by atoms with E-state index in [1.807, 2.05) is 0 Å². The average molecular weight is 374 g/mol. The highest BCUT2D eigenvalue weighted by molar-refractivity contribution is 5.69. The fourth-order valence-corrected chi connectivity index (χ4v) is 2.67. The fourth-order valence-electron chi connectivity index (χ4n) is 2.67. The van der Waals surface area contributed by atoms with Crippen LogP contribution in [-0.2, 0) is 38.0 Å². The summed E-state index contributed by atoms with van der Waals surface area (Å²) in [4.78, 5) is 22.8. The summed E-state index contributed by atoms with van der Waals surface area (Å²) in [5, 5.41) is 0. The molecule has 2 fully saturated rings. The third-order valence-electron chi connectivity index (χ3n) is 4.28. The smallest absolute Gasteiger partial charge is 0.322 e.